The Labute approximate surface area is 199 Å². The van der Waals surface area contributed by atoms with Crippen LogP contribution in [-0.4, -0.2) is 91.6 Å². The van der Waals surface area contributed by atoms with Crippen LogP contribution in [-0.2, 0) is 4.74 Å². The van der Waals surface area contributed by atoms with E-state index < -0.39 is 0 Å². The number of aromatic nitrogens is 1. The number of anilines is 1. The van der Waals surface area contributed by atoms with E-state index in [2.05, 4.69) is 31.7 Å². The number of morpholine rings is 1. The molecular formula is C26H31N5O3. The van der Waals surface area contributed by atoms with Crippen molar-refractivity contribution in [2.24, 2.45) is 0 Å². The monoisotopic (exact) mass is 461 g/mol. The molecule has 4 heterocycles. The minimum atomic E-state index is -0.0620. The van der Waals surface area contributed by atoms with E-state index in [-0.39, 0.29) is 11.8 Å². The van der Waals surface area contributed by atoms with E-state index in [0.29, 0.717) is 25.2 Å². The number of carbonyl (C=O) groups excluding carboxylic acids is 2. The largest absolute Gasteiger partial charge is 0.379 e. The van der Waals surface area contributed by atoms with Crippen LogP contribution >= 0.6 is 0 Å². The van der Waals surface area contributed by atoms with E-state index in [4.69, 9.17) is 4.74 Å². The van der Waals surface area contributed by atoms with Gasteiger partial charge in [-0.2, -0.15) is 0 Å². The third-order valence-electron chi connectivity index (χ3n) is 6.62. The highest BCUT2D eigenvalue weighted by Gasteiger charge is 2.23. The Morgan fingerprint density at radius 1 is 0.824 bits per heavy atom. The summed E-state index contributed by atoms with van der Waals surface area (Å²) in [6, 6.07) is 17.5. The molecule has 0 atom stereocenters. The number of hydrogen-bond donors (Lipinski definition) is 1. The summed E-state index contributed by atoms with van der Waals surface area (Å²) >= 11 is 0. The van der Waals surface area contributed by atoms with Crippen molar-refractivity contribution in [3.05, 3.63) is 71.9 Å². The zero-order chi connectivity index (χ0) is 23.3. The van der Waals surface area contributed by atoms with Gasteiger partial charge >= 0.3 is 0 Å². The summed E-state index contributed by atoms with van der Waals surface area (Å²) < 4.78 is 7.45. The molecule has 2 amide bonds. The quantitative estimate of drug-likeness (QED) is 0.608. The fourth-order valence-corrected chi connectivity index (χ4v) is 4.64. The molecule has 0 radical (unpaired) electrons. The number of ether oxygens (including phenoxy) is 1. The SMILES string of the molecule is O=C(NCCN1CCOCC1)c1ccc2ccc(N3CCN(C(=O)c4ccccc4)CC3)n2c1. The molecule has 0 saturated carbocycles. The molecule has 8 heteroatoms. The molecule has 2 aliphatic rings. The van der Waals surface area contributed by atoms with Crippen molar-refractivity contribution in [3.8, 4) is 0 Å². The van der Waals surface area contributed by atoms with Gasteiger partial charge in [-0.3, -0.25) is 14.5 Å². The summed E-state index contributed by atoms with van der Waals surface area (Å²) in [6.45, 7) is 7.64. The molecule has 2 aromatic heterocycles. The number of amides is 2. The molecule has 8 nitrogen and oxygen atoms in total. The Hall–Kier alpha value is -3.36. The van der Waals surface area contributed by atoms with E-state index in [1.807, 2.05) is 53.6 Å². The summed E-state index contributed by atoms with van der Waals surface area (Å²) in [5.74, 6) is 1.06. The molecule has 3 aromatic rings. The number of benzene rings is 1. The van der Waals surface area contributed by atoms with Gasteiger partial charge in [-0.15, -0.1) is 0 Å². The Morgan fingerprint density at radius 3 is 2.32 bits per heavy atom. The van der Waals surface area contributed by atoms with Gasteiger partial charge in [0.05, 0.1) is 18.8 Å². The van der Waals surface area contributed by atoms with Crippen molar-refractivity contribution in [1.29, 1.82) is 0 Å². The van der Waals surface area contributed by atoms with Crippen molar-refractivity contribution in [3.63, 3.8) is 0 Å². The van der Waals surface area contributed by atoms with Gasteiger partial charge in [0.15, 0.2) is 0 Å². The molecular weight excluding hydrogens is 430 g/mol. The fourth-order valence-electron chi connectivity index (χ4n) is 4.64. The van der Waals surface area contributed by atoms with Gasteiger partial charge in [-0.25, -0.2) is 0 Å². The Morgan fingerprint density at radius 2 is 1.56 bits per heavy atom. The van der Waals surface area contributed by atoms with Crippen LogP contribution in [0, 0.1) is 0 Å². The van der Waals surface area contributed by atoms with Crippen LogP contribution < -0.4 is 10.2 Å². The Kier molecular flexibility index (Phi) is 6.78. The molecule has 34 heavy (non-hydrogen) atoms. The first kappa shape index (κ1) is 22.4. The van der Waals surface area contributed by atoms with E-state index in [0.717, 1.165) is 62.8 Å². The summed E-state index contributed by atoms with van der Waals surface area (Å²) in [7, 11) is 0. The van der Waals surface area contributed by atoms with E-state index in [1.54, 1.807) is 0 Å². The number of pyridine rings is 1. The average Bonchev–Trinajstić information content (AvgIpc) is 3.33. The minimum Gasteiger partial charge on any atom is -0.379 e. The molecule has 178 valence electrons. The molecule has 0 unspecified atom stereocenters. The highest BCUT2D eigenvalue weighted by molar-refractivity contribution is 5.95. The van der Waals surface area contributed by atoms with Crippen LogP contribution in [0.3, 0.4) is 0 Å². The van der Waals surface area contributed by atoms with Crippen LogP contribution in [0.15, 0.2) is 60.8 Å². The number of fused-ring (bicyclic) bond motifs is 1. The van der Waals surface area contributed by atoms with Gasteiger partial charge < -0.3 is 24.3 Å². The summed E-state index contributed by atoms with van der Waals surface area (Å²) in [4.78, 5) is 32.0. The maximum Gasteiger partial charge on any atom is 0.253 e. The highest BCUT2D eigenvalue weighted by atomic mass is 16.5. The number of carbonyl (C=O) groups is 2. The lowest BCUT2D eigenvalue weighted by atomic mass is 10.2. The van der Waals surface area contributed by atoms with Gasteiger partial charge in [0.2, 0.25) is 0 Å². The molecule has 0 aliphatic carbocycles. The number of nitrogens with zero attached hydrogens (tertiary/aromatic N) is 4. The number of nitrogens with one attached hydrogen (secondary N) is 1. The average molecular weight is 462 g/mol. The standard InChI is InChI=1S/C26H31N5O3/c32-25(27-10-11-28-16-18-34-19-17-28)22-6-7-23-8-9-24(31(23)20-22)29-12-14-30(15-13-29)26(33)21-4-2-1-3-5-21/h1-9,20H,10-19H2,(H,27,32). The lowest BCUT2D eigenvalue weighted by Crippen LogP contribution is -2.49. The summed E-state index contributed by atoms with van der Waals surface area (Å²) in [5.41, 5.74) is 2.42. The lowest BCUT2D eigenvalue weighted by molar-refractivity contribution is 0.0383. The van der Waals surface area contributed by atoms with Crippen molar-refractivity contribution in [2.45, 2.75) is 0 Å². The number of hydrogen-bond acceptors (Lipinski definition) is 5. The summed E-state index contributed by atoms with van der Waals surface area (Å²) in [5, 5.41) is 3.04. The molecule has 2 aliphatic heterocycles. The highest BCUT2D eigenvalue weighted by Crippen LogP contribution is 2.22. The molecule has 0 spiro atoms. The maximum absolute atomic E-state index is 12.8. The normalized spacial score (nSPS) is 17.2. The van der Waals surface area contributed by atoms with Gasteiger partial charge in [-0.05, 0) is 36.4 Å². The van der Waals surface area contributed by atoms with Crippen molar-refractivity contribution < 1.29 is 14.3 Å². The zero-order valence-corrected chi connectivity index (χ0v) is 19.4. The Bertz CT molecular complexity index is 1130. The molecule has 5 rings (SSSR count). The third kappa shape index (κ3) is 4.93. The fraction of sp³-hybridized carbons (Fsp3) is 0.385. The maximum atomic E-state index is 12.8. The van der Waals surface area contributed by atoms with E-state index in [1.165, 1.54) is 0 Å². The topological polar surface area (TPSA) is 69.5 Å². The van der Waals surface area contributed by atoms with Gasteiger partial charge in [0, 0.05) is 69.6 Å². The van der Waals surface area contributed by atoms with Gasteiger partial charge in [0.1, 0.15) is 5.82 Å². The first-order valence-corrected chi connectivity index (χ1v) is 12.0. The number of rotatable bonds is 6. The van der Waals surface area contributed by atoms with E-state index in [9.17, 15) is 9.59 Å². The first-order valence-electron chi connectivity index (χ1n) is 12.0. The summed E-state index contributed by atoms with van der Waals surface area (Å²) in [6.07, 6.45) is 1.91. The van der Waals surface area contributed by atoms with Crippen molar-refractivity contribution >= 4 is 23.1 Å². The minimum absolute atomic E-state index is 0.0620. The van der Waals surface area contributed by atoms with Crippen molar-refractivity contribution in [1.82, 2.24) is 19.5 Å². The molecule has 1 N–H and O–H groups in total. The Balaban J connectivity index is 1.21. The van der Waals surface area contributed by atoms with Crippen LogP contribution in [0.1, 0.15) is 20.7 Å². The smallest absolute Gasteiger partial charge is 0.253 e. The lowest BCUT2D eigenvalue weighted by Gasteiger charge is -2.36. The van der Waals surface area contributed by atoms with Crippen LogP contribution in [0.2, 0.25) is 0 Å². The predicted molar refractivity (Wildman–Crippen MR) is 132 cm³/mol. The second-order valence-corrected chi connectivity index (χ2v) is 8.76. The molecule has 1 aromatic carbocycles. The zero-order valence-electron chi connectivity index (χ0n) is 19.4. The van der Waals surface area contributed by atoms with E-state index >= 15 is 0 Å². The second kappa shape index (κ2) is 10.3. The van der Waals surface area contributed by atoms with Crippen LogP contribution in [0.25, 0.3) is 5.52 Å². The molecule has 0 bridgehead atoms. The third-order valence-corrected chi connectivity index (χ3v) is 6.62. The van der Waals surface area contributed by atoms with Crippen molar-refractivity contribution in [2.75, 3.05) is 70.5 Å². The first-order chi connectivity index (χ1) is 16.7. The molecule has 2 fully saturated rings. The predicted octanol–water partition coefficient (Wildman–Crippen LogP) is 1.96. The number of piperazine rings is 1. The second-order valence-electron chi connectivity index (χ2n) is 8.76. The molecule has 2 saturated heterocycles. The van der Waals surface area contributed by atoms with Crippen LogP contribution in [0.5, 0.6) is 0 Å². The van der Waals surface area contributed by atoms with Gasteiger partial charge in [-0.1, -0.05) is 18.2 Å². The van der Waals surface area contributed by atoms with Gasteiger partial charge in [0.25, 0.3) is 11.8 Å². The van der Waals surface area contributed by atoms with Crippen LogP contribution in [0.4, 0.5) is 5.82 Å².